The summed E-state index contributed by atoms with van der Waals surface area (Å²) in [6.45, 7) is 0.626. The third-order valence-corrected chi connectivity index (χ3v) is 3.43. The van der Waals surface area contributed by atoms with Crippen LogP contribution in [0.15, 0.2) is 54.6 Å². The van der Waals surface area contributed by atoms with Gasteiger partial charge in [-0.2, -0.15) is 5.26 Å². The van der Waals surface area contributed by atoms with E-state index in [1.807, 2.05) is 54.6 Å². The molecule has 3 heteroatoms. The molecular formula is C15H13IN2. The first-order valence-corrected chi connectivity index (χ1v) is 6.81. The van der Waals surface area contributed by atoms with Crippen molar-refractivity contribution >= 4 is 28.3 Å². The molecule has 1 atom stereocenters. The predicted molar refractivity (Wildman–Crippen MR) is 82.4 cm³/mol. The van der Waals surface area contributed by atoms with E-state index in [9.17, 15) is 5.26 Å². The fraction of sp³-hybridized carbons (Fsp3) is 0.133. The lowest BCUT2D eigenvalue weighted by Gasteiger charge is -2.11. The molecule has 2 rings (SSSR count). The van der Waals surface area contributed by atoms with Gasteiger partial charge in [0.2, 0.25) is 0 Å². The molecule has 0 aromatic heterocycles. The Morgan fingerprint density at radius 3 is 2.33 bits per heavy atom. The monoisotopic (exact) mass is 348 g/mol. The molecule has 0 fully saturated rings. The maximum Gasteiger partial charge on any atom is 0.0885 e. The first-order valence-electron chi connectivity index (χ1n) is 5.73. The molecule has 0 bridgehead atoms. The number of benzene rings is 2. The summed E-state index contributed by atoms with van der Waals surface area (Å²) in [4.78, 5) is 0. The molecule has 0 amide bonds. The number of nitrogens with zero attached hydrogens (tertiary/aromatic N) is 1. The number of halogens is 1. The molecule has 2 aromatic carbocycles. The van der Waals surface area contributed by atoms with Crippen molar-refractivity contribution in [3.8, 4) is 6.07 Å². The van der Waals surface area contributed by atoms with Crippen LogP contribution in [0.3, 0.4) is 0 Å². The lowest BCUT2D eigenvalue weighted by atomic mass is 10.0. The largest absolute Gasteiger partial charge is 0.383 e. The first kappa shape index (κ1) is 12.9. The molecule has 2 aromatic rings. The van der Waals surface area contributed by atoms with Gasteiger partial charge in [0, 0.05) is 15.8 Å². The Labute approximate surface area is 121 Å². The molecule has 90 valence electrons. The van der Waals surface area contributed by atoms with E-state index in [2.05, 4.69) is 34.0 Å². The molecule has 18 heavy (non-hydrogen) atoms. The van der Waals surface area contributed by atoms with Gasteiger partial charge in [0.15, 0.2) is 0 Å². The summed E-state index contributed by atoms with van der Waals surface area (Å²) in [6.07, 6.45) is 0. The van der Waals surface area contributed by atoms with Crippen molar-refractivity contribution in [1.82, 2.24) is 0 Å². The van der Waals surface area contributed by atoms with Gasteiger partial charge in [-0.05, 0) is 52.4 Å². The Hall–Kier alpha value is -1.54. The van der Waals surface area contributed by atoms with E-state index in [1.165, 1.54) is 3.57 Å². The van der Waals surface area contributed by atoms with Gasteiger partial charge in [0.1, 0.15) is 0 Å². The highest BCUT2D eigenvalue weighted by molar-refractivity contribution is 14.1. The van der Waals surface area contributed by atoms with E-state index in [0.29, 0.717) is 6.54 Å². The van der Waals surface area contributed by atoms with Crippen LogP contribution in [0.2, 0.25) is 0 Å². The highest BCUT2D eigenvalue weighted by Gasteiger charge is 2.09. The van der Waals surface area contributed by atoms with Gasteiger partial charge in [0.05, 0.1) is 12.0 Å². The molecule has 0 saturated heterocycles. The number of rotatable bonds is 4. The smallest absolute Gasteiger partial charge is 0.0885 e. The molecule has 1 N–H and O–H groups in total. The minimum atomic E-state index is -0.120. The van der Waals surface area contributed by atoms with Gasteiger partial charge in [0.25, 0.3) is 0 Å². The lowest BCUT2D eigenvalue weighted by Crippen LogP contribution is -2.11. The van der Waals surface area contributed by atoms with Crippen molar-refractivity contribution < 1.29 is 0 Å². The Balaban J connectivity index is 2.00. The number of nitriles is 1. The zero-order valence-electron chi connectivity index (χ0n) is 9.81. The average Bonchev–Trinajstić information content (AvgIpc) is 2.43. The lowest BCUT2D eigenvalue weighted by molar-refractivity contribution is 0.901. The average molecular weight is 348 g/mol. The normalized spacial score (nSPS) is 11.6. The van der Waals surface area contributed by atoms with Gasteiger partial charge >= 0.3 is 0 Å². The Morgan fingerprint density at radius 2 is 1.72 bits per heavy atom. The molecular weight excluding hydrogens is 335 g/mol. The second-order valence-electron chi connectivity index (χ2n) is 3.98. The predicted octanol–water partition coefficient (Wildman–Crippen LogP) is 4.01. The summed E-state index contributed by atoms with van der Waals surface area (Å²) in [6, 6.07) is 20.4. The second kappa shape index (κ2) is 6.41. The minimum Gasteiger partial charge on any atom is -0.383 e. The maximum atomic E-state index is 9.21. The SMILES string of the molecule is N#CC(CNc1ccc(I)cc1)c1ccccc1. The summed E-state index contributed by atoms with van der Waals surface area (Å²) in [5.41, 5.74) is 2.10. The Morgan fingerprint density at radius 1 is 1.06 bits per heavy atom. The van der Waals surface area contributed by atoms with Crippen molar-refractivity contribution in [3.63, 3.8) is 0 Å². The molecule has 0 aliphatic rings. The van der Waals surface area contributed by atoms with Crippen LogP contribution in [0, 0.1) is 14.9 Å². The fourth-order valence-corrected chi connectivity index (χ4v) is 2.07. The summed E-state index contributed by atoms with van der Waals surface area (Å²) >= 11 is 2.27. The van der Waals surface area contributed by atoms with Crippen LogP contribution in [0.25, 0.3) is 0 Å². The standard InChI is InChI=1S/C15H13IN2/c16-14-6-8-15(9-7-14)18-11-13(10-17)12-4-2-1-3-5-12/h1-9,13,18H,11H2. The molecule has 0 saturated carbocycles. The third-order valence-electron chi connectivity index (χ3n) is 2.71. The molecule has 0 aliphatic carbocycles. The number of anilines is 1. The van der Waals surface area contributed by atoms with Crippen LogP contribution >= 0.6 is 22.6 Å². The van der Waals surface area contributed by atoms with E-state index in [0.717, 1.165) is 11.3 Å². The van der Waals surface area contributed by atoms with E-state index >= 15 is 0 Å². The van der Waals surface area contributed by atoms with E-state index < -0.39 is 0 Å². The maximum absolute atomic E-state index is 9.21. The Kier molecular flexibility index (Phi) is 4.59. The van der Waals surface area contributed by atoms with Crippen molar-refractivity contribution in [1.29, 1.82) is 5.26 Å². The zero-order chi connectivity index (χ0) is 12.8. The number of hydrogen-bond acceptors (Lipinski definition) is 2. The van der Waals surface area contributed by atoms with Crippen LogP contribution in [-0.4, -0.2) is 6.54 Å². The molecule has 2 nitrogen and oxygen atoms in total. The molecule has 0 heterocycles. The fourth-order valence-electron chi connectivity index (χ4n) is 1.71. The highest BCUT2D eigenvalue weighted by atomic mass is 127. The first-order chi connectivity index (χ1) is 8.79. The van der Waals surface area contributed by atoms with Crippen LogP contribution in [0.4, 0.5) is 5.69 Å². The summed E-state index contributed by atoms with van der Waals surface area (Å²) in [7, 11) is 0. The Bertz CT molecular complexity index is 529. The highest BCUT2D eigenvalue weighted by Crippen LogP contribution is 2.17. The second-order valence-corrected chi connectivity index (χ2v) is 5.23. The van der Waals surface area contributed by atoms with Crippen LogP contribution < -0.4 is 5.32 Å². The summed E-state index contributed by atoms with van der Waals surface area (Å²) in [5, 5.41) is 12.5. The molecule has 0 aliphatic heterocycles. The van der Waals surface area contributed by atoms with E-state index in [1.54, 1.807) is 0 Å². The minimum absolute atomic E-state index is 0.120. The van der Waals surface area contributed by atoms with Gasteiger partial charge < -0.3 is 5.32 Å². The van der Waals surface area contributed by atoms with Crippen molar-refractivity contribution in [2.45, 2.75) is 5.92 Å². The third kappa shape index (κ3) is 3.47. The van der Waals surface area contributed by atoms with Gasteiger partial charge in [-0.15, -0.1) is 0 Å². The zero-order valence-corrected chi connectivity index (χ0v) is 12.0. The van der Waals surface area contributed by atoms with E-state index in [4.69, 9.17) is 0 Å². The summed E-state index contributed by atoms with van der Waals surface area (Å²) < 4.78 is 1.21. The van der Waals surface area contributed by atoms with E-state index in [-0.39, 0.29) is 5.92 Å². The topological polar surface area (TPSA) is 35.8 Å². The van der Waals surface area contributed by atoms with Crippen LogP contribution in [-0.2, 0) is 0 Å². The van der Waals surface area contributed by atoms with Crippen molar-refractivity contribution in [3.05, 3.63) is 63.7 Å². The van der Waals surface area contributed by atoms with Crippen molar-refractivity contribution in [2.75, 3.05) is 11.9 Å². The van der Waals surface area contributed by atoms with Gasteiger partial charge in [-0.25, -0.2) is 0 Å². The van der Waals surface area contributed by atoms with Crippen LogP contribution in [0.1, 0.15) is 11.5 Å². The van der Waals surface area contributed by atoms with Gasteiger partial charge in [-0.3, -0.25) is 0 Å². The van der Waals surface area contributed by atoms with Crippen LogP contribution in [0.5, 0.6) is 0 Å². The quantitative estimate of drug-likeness (QED) is 0.848. The van der Waals surface area contributed by atoms with Gasteiger partial charge in [-0.1, -0.05) is 30.3 Å². The summed E-state index contributed by atoms with van der Waals surface area (Å²) in [5.74, 6) is -0.120. The van der Waals surface area contributed by atoms with Crippen molar-refractivity contribution in [2.24, 2.45) is 0 Å². The molecule has 0 radical (unpaired) electrons. The number of nitrogens with one attached hydrogen (secondary N) is 1. The molecule has 1 unspecified atom stereocenters. The molecule has 0 spiro atoms. The number of hydrogen-bond donors (Lipinski definition) is 1.